The molecule has 2 N–H and O–H groups in total. The molecule has 0 aliphatic rings. The van der Waals surface area contributed by atoms with E-state index in [-0.39, 0.29) is 23.6 Å². The number of amides is 2. The molecular weight excluding hydrogens is 380 g/mol. The van der Waals surface area contributed by atoms with Gasteiger partial charge in [-0.15, -0.1) is 11.3 Å². The van der Waals surface area contributed by atoms with Crippen LogP contribution >= 0.6 is 11.3 Å². The van der Waals surface area contributed by atoms with Crippen LogP contribution in [0.1, 0.15) is 44.9 Å². The molecule has 1 aromatic heterocycles. The van der Waals surface area contributed by atoms with Crippen LogP contribution in [0.3, 0.4) is 0 Å². The van der Waals surface area contributed by atoms with Crippen LogP contribution in [0.25, 0.3) is 6.08 Å². The van der Waals surface area contributed by atoms with Crippen molar-refractivity contribution in [2.45, 2.75) is 26.8 Å². The maximum atomic E-state index is 13.0. The molecule has 4 nitrogen and oxygen atoms in total. The Bertz CT molecular complexity index is 1020. The predicted octanol–water partition coefficient (Wildman–Crippen LogP) is 5.01. The lowest BCUT2D eigenvalue weighted by molar-refractivity contribution is -0.118. The zero-order chi connectivity index (χ0) is 20.8. The highest BCUT2D eigenvalue weighted by Gasteiger charge is 2.18. The SMILES string of the molecule is Cc1ccc([C@H](C)NC(=O)/C(=C/c2cccs2)NC(=O)c2ccccc2C)cc1. The van der Waals surface area contributed by atoms with Crippen LogP contribution in [0.15, 0.2) is 71.7 Å². The molecule has 0 radical (unpaired) electrons. The maximum absolute atomic E-state index is 13.0. The van der Waals surface area contributed by atoms with E-state index in [4.69, 9.17) is 0 Å². The molecule has 0 saturated carbocycles. The number of carbonyl (C=O) groups excluding carboxylic acids is 2. The summed E-state index contributed by atoms with van der Waals surface area (Å²) >= 11 is 1.50. The normalized spacial score (nSPS) is 12.3. The number of rotatable bonds is 6. The summed E-state index contributed by atoms with van der Waals surface area (Å²) in [5.41, 5.74) is 3.79. The lowest BCUT2D eigenvalue weighted by Crippen LogP contribution is -2.36. The fourth-order valence-corrected chi connectivity index (χ4v) is 3.56. The second kappa shape index (κ2) is 9.34. The number of aryl methyl sites for hydroxylation is 2. The first-order valence-electron chi connectivity index (χ1n) is 9.43. The molecule has 1 atom stereocenters. The van der Waals surface area contributed by atoms with E-state index in [1.54, 1.807) is 12.1 Å². The van der Waals surface area contributed by atoms with Crippen LogP contribution in [0.2, 0.25) is 0 Å². The molecular formula is C24H24N2O2S. The summed E-state index contributed by atoms with van der Waals surface area (Å²) in [6, 6.07) is 19.0. The third-order valence-corrected chi connectivity index (χ3v) is 5.46. The van der Waals surface area contributed by atoms with Gasteiger partial charge in [-0.2, -0.15) is 0 Å². The fraction of sp³-hybridized carbons (Fsp3) is 0.167. The van der Waals surface area contributed by atoms with Gasteiger partial charge in [-0.3, -0.25) is 9.59 Å². The van der Waals surface area contributed by atoms with Crippen molar-refractivity contribution in [3.05, 3.63) is 98.9 Å². The molecule has 0 aliphatic heterocycles. The molecule has 148 valence electrons. The number of nitrogens with one attached hydrogen (secondary N) is 2. The Balaban J connectivity index is 1.81. The number of hydrogen-bond donors (Lipinski definition) is 2. The molecule has 5 heteroatoms. The Morgan fingerprint density at radius 1 is 0.966 bits per heavy atom. The third-order valence-electron chi connectivity index (χ3n) is 4.64. The standard InChI is InChI=1S/C24H24N2O2S/c1-16-10-12-19(13-11-16)18(3)25-24(28)22(15-20-8-6-14-29-20)26-23(27)21-9-5-4-7-17(21)2/h4-15,18H,1-3H3,(H,25,28)(H,26,27)/b22-15-/t18-/m0/s1. The molecule has 0 unspecified atom stereocenters. The summed E-state index contributed by atoms with van der Waals surface area (Å²) in [4.78, 5) is 26.6. The Morgan fingerprint density at radius 2 is 1.69 bits per heavy atom. The second-order valence-electron chi connectivity index (χ2n) is 6.95. The van der Waals surface area contributed by atoms with E-state index in [1.807, 2.05) is 80.7 Å². The molecule has 0 aliphatic carbocycles. The molecule has 3 rings (SSSR count). The van der Waals surface area contributed by atoms with Crippen LogP contribution in [-0.4, -0.2) is 11.8 Å². The van der Waals surface area contributed by atoms with E-state index >= 15 is 0 Å². The molecule has 2 amide bonds. The fourth-order valence-electron chi connectivity index (χ4n) is 2.90. The first kappa shape index (κ1) is 20.6. The van der Waals surface area contributed by atoms with Crippen LogP contribution in [0, 0.1) is 13.8 Å². The quantitative estimate of drug-likeness (QED) is 0.567. The van der Waals surface area contributed by atoms with Gasteiger partial charge in [-0.25, -0.2) is 0 Å². The van der Waals surface area contributed by atoms with Crippen molar-refractivity contribution < 1.29 is 9.59 Å². The number of thiophene rings is 1. The first-order valence-corrected chi connectivity index (χ1v) is 10.3. The largest absolute Gasteiger partial charge is 0.344 e. The van der Waals surface area contributed by atoms with Crippen molar-refractivity contribution in [3.63, 3.8) is 0 Å². The van der Waals surface area contributed by atoms with Crippen molar-refractivity contribution in [1.29, 1.82) is 0 Å². The van der Waals surface area contributed by atoms with E-state index in [1.165, 1.54) is 11.3 Å². The van der Waals surface area contributed by atoms with Crippen molar-refractivity contribution in [3.8, 4) is 0 Å². The van der Waals surface area contributed by atoms with Crippen LogP contribution in [-0.2, 0) is 4.79 Å². The molecule has 0 saturated heterocycles. The zero-order valence-corrected chi connectivity index (χ0v) is 17.5. The minimum atomic E-state index is -0.326. The highest BCUT2D eigenvalue weighted by molar-refractivity contribution is 7.10. The summed E-state index contributed by atoms with van der Waals surface area (Å²) in [5.74, 6) is -0.627. The van der Waals surface area contributed by atoms with E-state index < -0.39 is 0 Å². The Hall–Kier alpha value is -3.18. The molecule has 3 aromatic rings. The van der Waals surface area contributed by atoms with E-state index in [2.05, 4.69) is 10.6 Å². The smallest absolute Gasteiger partial charge is 0.268 e. The van der Waals surface area contributed by atoms with Crippen molar-refractivity contribution in [1.82, 2.24) is 10.6 Å². The molecule has 0 spiro atoms. The van der Waals surface area contributed by atoms with Gasteiger partial charge >= 0.3 is 0 Å². The monoisotopic (exact) mass is 404 g/mol. The lowest BCUT2D eigenvalue weighted by atomic mass is 10.1. The predicted molar refractivity (Wildman–Crippen MR) is 119 cm³/mol. The van der Waals surface area contributed by atoms with Gasteiger partial charge in [-0.05, 0) is 55.5 Å². The van der Waals surface area contributed by atoms with Crippen molar-refractivity contribution in [2.75, 3.05) is 0 Å². The molecule has 0 fully saturated rings. The van der Waals surface area contributed by atoms with Gasteiger partial charge in [0, 0.05) is 10.4 Å². The Morgan fingerprint density at radius 3 is 2.34 bits per heavy atom. The number of carbonyl (C=O) groups is 2. The average Bonchev–Trinajstić information content (AvgIpc) is 3.21. The molecule has 1 heterocycles. The first-order chi connectivity index (χ1) is 13.9. The maximum Gasteiger partial charge on any atom is 0.268 e. The Labute approximate surface area is 175 Å². The zero-order valence-electron chi connectivity index (χ0n) is 16.7. The number of benzene rings is 2. The summed E-state index contributed by atoms with van der Waals surface area (Å²) in [5, 5.41) is 7.71. The number of hydrogen-bond acceptors (Lipinski definition) is 3. The van der Waals surface area contributed by atoms with Gasteiger partial charge in [0.1, 0.15) is 5.70 Å². The summed E-state index contributed by atoms with van der Waals surface area (Å²) in [6.45, 7) is 5.82. The summed E-state index contributed by atoms with van der Waals surface area (Å²) < 4.78 is 0. The van der Waals surface area contributed by atoms with Gasteiger partial charge in [0.2, 0.25) is 0 Å². The van der Waals surface area contributed by atoms with Gasteiger partial charge in [0.15, 0.2) is 0 Å². The highest BCUT2D eigenvalue weighted by Crippen LogP contribution is 2.17. The average molecular weight is 405 g/mol. The third kappa shape index (κ3) is 5.42. The highest BCUT2D eigenvalue weighted by atomic mass is 32.1. The second-order valence-corrected chi connectivity index (χ2v) is 7.93. The molecule has 0 bridgehead atoms. The van der Waals surface area contributed by atoms with E-state index in [0.717, 1.165) is 21.6 Å². The lowest BCUT2D eigenvalue weighted by Gasteiger charge is -2.17. The van der Waals surface area contributed by atoms with Crippen LogP contribution < -0.4 is 10.6 Å². The summed E-state index contributed by atoms with van der Waals surface area (Å²) in [6.07, 6.45) is 1.71. The molecule has 29 heavy (non-hydrogen) atoms. The van der Waals surface area contributed by atoms with Gasteiger partial charge in [0.05, 0.1) is 6.04 Å². The minimum absolute atomic E-state index is 0.190. The Kier molecular flexibility index (Phi) is 6.62. The van der Waals surface area contributed by atoms with Gasteiger partial charge < -0.3 is 10.6 Å². The van der Waals surface area contributed by atoms with Crippen LogP contribution in [0.5, 0.6) is 0 Å². The summed E-state index contributed by atoms with van der Waals surface area (Å²) in [7, 11) is 0. The van der Waals surface area contributed by atoms with Gasteiger partial charge in [-0.1, -0.05) is 54.1 Å². The van der Waals surface area contributed by atoms with Crippen molar-refractivity contribution in [2.24, 2.45) is 0 Å². The van der Waals surface area contributed by atoms with Crippen molar-refractivity contribution >= 4 is 29.2 Å². The topological polar surface area (TPSA) is 58.2 Å². The van der Waals surface area contributed by atoms with Crippen LogP contribution in [0.4, 0.5) is 0 Å². The minimum Gasteiger partial charge on any atom is -0.344 e. The van der Waals surface area contributed by atoms with Gasteiger partial charge in [0.25, 0.3) is 11.8 Å². The molecule has 2 aromatic carbocycles. The van der Waals surface area contributed by atoms with E-state index in [9.17, 15) is 9.59 Å². The van der Waals surface area contributed by atoms with E-state index in [0.29, 0.717) is 5.56 Å².